The third-order valence-electron chi connectivity index (χ3n) is 3.52. The lowest BCUT2D eigenvalue weighted by atomic mass is 9.76. The molecule has 0 saturated carbocycles. The lowest BCUT2D eigenvalue weighted by Crippen LogP contribution is -2.51. The standard InChI is InChI=1S/C15H31N3S.C2H6/c1-14(2,3)11-15(4,5)12-16-13(19)18-9-7-17(6)8-10-18;1-2/h7-12H2,1-6H3,(H,16,19);1-2H3. The molecule has 4 heteroatoms. The lowest BCUT2D eigenvalue weighted by Gasteiger charge is -2.37. The topological polar surface area (TPSA) is 18.5 Å². The van der Waals surface area contributed by atoms with Crippen LogP contribution in [-0.4, -0.2) is 54.7 Å². The average Bonchev–Trinajstić information content (AvgIpc) is 2.36. The summed E-state index contributed by atoms with van der Waals surface area (Å²) in [6.45, 7) is 20.8. The fourth-order valence-electron chi connectivity index (χ4n) is 2.93. The molecule has 126 valence electrons. The molecule has 0 radical (unpaired) electrons. The number of hydrogen-bond donors (Lipinski definition) is 1. The van der Waals surface area contributed by atoms with E-state index >= 15 is 0 Å². The molecule has 0 amide bonds. The maximum atomic E-state index is 5.52. The molecule has 1 rings (SSSR count). The minimum absolute atomic E-state index is 0.273. The number of hydrogen-bond acceptors (Lipinski definition) is 2. The molecule has 1 heterocycles. The van der Waals surface area contributed by atoms with Crippen LogP contribution in [0.4, 0.5) is 0 Å². The van der Waals surface area contributed by atoms with Gasteiger partial charge in [0, 0.05) is 32.7 Å². The van der Waals surface area contributed by atoms with Gasteiger partial charge < -0.3 is 15.1 Å². The molecular formula is C17H37N3S. The second kappa shape index (κ2) is 8.94. The zero-order chi connectivity index (χ0) is 16.7. The van der Waals surface area contributed by atoms with E-state index in [0.717, 1.165) is 37.8 Å². The highest BCUT2D eigenvalue weighted by molar-refractivity contribution is 7.80. The molecule has 1 N–H and O–H groups in total. The van der Waals surface area contributed by atoms with Crippen LogP contribution in [0, 0.1) is 10.8 Å². The van der Waals surface area contributed by atoms with Crippen molar-refractivity contribution in [2.75, 3.05) is 39.8 Å². The van der Waals surface area contributed by atoms with E-state index in [9.17, 15) is 0 Å². The summed E-state index contributed by atoms with van der Waals surface area (Å²) in [6.07, 6.45) is 1.19. The molecule has 0 aromatic heterocycles. The molecule has 0 atom stereocenters. The van der Waals surface area contributed by atoms with Gasteiger partial charge in [0.1, 0.15) is 0 Å². The van der Waals surface area contributed by atoms with Crippen LogP contribution < -0.4 is 5.32 Å². The fourth-order valence-corrected chi connectivity index (χ4v) is 3.19. The van der Waals surface area contributed by atoms with Gasteiger partial charge in [-0.3, -0.25) is 0 Å². The van der Waals surface area contributed by atoms with Gasteiger partial charge in [0.25, 0.3) is 0 Å². The Bertz CT molecular complexity index is 300. The normalized spacial score (nSPS) is 17.0. The van der Waals surface area contributed by atoms with Crippen molar-refractivity contribution in [1.82, 2.24) is 15.1 Å². The second-order valence-electron chi connectivity index (χ2n) is 7.85. The largest absolute Gasteiger partial charge is 0.362 e. The van der Waals surface area contributed by atoms with Gasteiger partial charge >= 0.3 is 0 Å². The van der Waals surface area contributed by atoms with Crippen LogP contribution in [0.15, 0.2) is 0 Å². The smallest absolute Gasteiger partial charge is 0.169 e. The summed E-state index contributed by atoms with van der Waals surface area (Å²) >= 11 is 5.52. The molecule has 1 aliphatic heterocycles. The number of rotatable bonds is 3. The van der Waals surface area contributed by atoms with Gasteiger partial charge in [0.15, 0.2) is 5.11 Å². The van der Waals surface area contributed by atoms with Crippen molar-refractivity contribution in [1.29, 1.82) is 0 Å². The van der Waals surface area contributed by atoms with E-state index < -0.39 is 0 Å². The summed E-state index contributed by atoms with van der Waals surface area (Å²) in [7, 11) is 2.17. The van der Waals surface area contributed by atoms with Gasteiger partial charge in [0.05, 0.1) is 0 Å². The average molecular weight is 316 g/mol. The molecule has 0 aliphatic carbocycles. The first kappa shape index (κ1) is 20.6. The molecule has 1 aliphatic rings. The minimum atomic E-state index is 0.273. The maximum Gasteiger partial charge on any atom is 0.169 e. The lowest BCUT2D eigenvalue weighted by molar-refractivity contribution is 0.200. The van der Waals surface area contributed by atoms with Crippen molar-refractivity contribution in [3.05, 3.63) is 0 Å². The quantitative estimate of drug-likeness (QED) is 0.802. The third-order valence-corrected chi connectivity index (χ3v) is 3.92. The van der Waals surface area contributed by atoms with E-state index in [2.05, 4.69) is 56.8 Å². The zero-order valence-corrected chi connectivity index (χ0v) is 16.4. The molecule has 0 bridgehead atoms. The number of nitrogens with one attached hydrogen (secondary N) is 1. The van der Waals surface area contributed by atoms with Gasteiger partial charge in [-0.1, -0.05) is 48.5 Å². The Morgan fingerprint density at radius 3 is 1.90 bits per heavy atom. The SMILES string of the molecule is CC.CN1CCN(C(=S)NCC(C)(C)CC(C)(C)C)CC1. The number of nitrogens with zero attached hydrogens (tertiary/aromatic N) is 2. The first-order chi connectivity index (χ1) is 9.59. The Kier molecular flexibility index (Phi) is 8.79. The van der Waals surface area contributed by atoms with Crippen molar-refractivity contribution < 1.29 is 0 Å². The highest BCUT2D eigenvalue weighted by atomic mass is 32.1. The fraction of sp³-hybridized carbons (Fsp3) is 0.941. The third kappa shape index (κ3) is 9.30. The van der Waals surface area contributed by atoms with E-state index in [1.54, 1.807) is 0 Å². The first-order valence-electron chi connectivity index (χ1n) is 8.30. The Morgan fingerprint density at radius 1 is 1.00 bits per heavy atom. The van der Waals surface area contributed by atoms with E-state index in [1.165, 1.54) is 6.42 Å². The van der Waals surface area contributed by atoms with Crippen molar-refractivity contribution in [2.45, 2.75) is 54.9 Å². The predicted octanol–water partition coefficient (Wildman–Crippen LogP) is 3.60. The molecular weight excluding hydrogens is 278 g/mol. The van der Waals surface area contributed by atoms with Gasteiger partial charge in [-0.2, -0.15) is 0 Å². The summed E-state index contributed by atoms with van der Waals surface area (Å²) in [4.78, 5) is 4.64. The predicted molar refractivity (Wildman–Crippen MR) is 98.9 cm³/mol. The van der Waals surface area contributed by atoms with Gasteiger partial charge in [-0.05, 0) is 36.5 Å². The van der Waals surface area contributed by atoms with Gasteiger partial charge in [-0.25, -0.2) is 0 Å². The summed E-state index contributed by atoms with van der Waals surface area (Å²) in [5.74, 6) is 0. The van der Waals surface area contributed by atoms with Crippen molar-refractivity contribution >= 4 is 17.3 Å². The summed E-state index contributed by atoms with van der Waals surface area (Å²) in [5.41, 5.74) is 0.634. The summed E-state index contributed by atoms with van der Waals surface area (Å²) in [6, 6.07) is 0. The summed E-state index contributed by atoms with van der Waals surface area (Å²) in [5, 5.41) is 4.39. The summed E-state index contributed by atoms with van der Waals surface area (Å²) < 4.78 is 0. The highest BCUT2D eigenvalue weighted by Crippen LogP contribution is 2.32. The van der Waals surface area contributed by atoms with Crippen molar-refractivity contribution in [3.8, 4) is 0 Å². The molecule has 1 fully saturated rings. The van der Waals surface area contributed by atoms with E-state index in [1.807, 2.05) is 13.8 Å². The highest BCUT2D eigenvalue weighted by Gasteiger charge is 2.26. The van der Waals surface area contributed by atoms with E-state index in [4.69, 9.17) is 12.2 Å². The Hall–Kier alpha value is -0.350. The number of piperazine rings is 1. The van der Waals surface area contributed by atoms with Crippen LogP contribution in [0.5, 0.6) is 0 Å². The second-order valence-corrected chi connectivity index (χ2v) is 8.24. The van der Waals surface area contributed by atoms with Crippen LogP contribution in [0.25, 0.3) is 0 Å². The molecule has 1 saturated heterocycles. The zero-order valence-electron chi connectivity index (χ0n) is 15.5. The molecule has 3 nitrogen and oxygen atoms in total. The van der Waals surface area contributed by atoms with Crippen LogP contribution in [-0.2, 0) is 0 Å². The molecule has 21 heavy (non-hydrogen) atoms. The molecule has 0 aromatic rings. The number of likely N-dealkylation sites (N-methyl/N-ethyl adjacent to an activating group) is 1. The van der Waals surface area contributed by atoms with Crippen LogP contribution >= 0.6 is 12.2 Å². The Balaban J connectivity index is 0.00000191. The van der Waals surface area contributed by atoms with Crippen LogP contribution in [0.2, 0.25) is 0 Å². The van der Waals surface area contributed by atoms with E-state index in [-0.39, 0.29) is 5.41 Å². The van der Waals surface area contributed by atoms with Crippen molar-refractivity contribution in [2.24, 2.45) is 10.8 Å². The van der Waals surface area contributed by atoms with E-state index in [0.29, 0.717) is 5.41 Å². The Labute approximate surface area is 138 Å². The maximum absolute atomic E-state index is 5.52. The van der Waals surface area contributed by atoms with Crippen molar-refractivity contribution in [3.63, 3.8) is 0 Å². The monoisotopic (exact) mass is 315 g/mol. The molecule has 0 spiro atoms. The van der Waals surface area contributed by atoms with Crippen LogP contribution in [0.3, 0.4) is 0 Å². The molecule has 0 aromatic carbocycles. The van der Waals surface area contributed by atoms with Crippen LogP contribution in [0.1, 0.15) is 54.9 Å². The Morgan fingerprint density at radius 2 is 1.48 bits per heavy atom. The van der Waals surface area contributed by atoms with Gasteiger partial charge in [0.2, 0.25) is 0 Å². The molecule has 0 unspecified atom stereocenters. The van der Waals surface area contributed by atoms with Gasteiger partial charge in [-0.15, -0.1) is 0 Å². The minimum Gasteiger partial charge on any atom is -0.362 e. The first-order valence-corrected chi connectivity index (χ1v) is 8.71. The number of thiocarbonyl (C=S) groups is 1.